The third kappa shape index (κ3) is 3.12. The monoisotopic (exact) mass is 231 g/mol. The number of aliphatic carboxylic acids is 1. The van der Waals surface area contributed by atoms with E-state index in [9.17, 15) is 9.59 Å². The summed E-state index contributed by atoms with van der Waals surface area (Å²) in [6.45, 7) is 3.72. The van der Waals surface area contributed by atoms with Crippen LogP contribution in [0.15, 0.2) is 0 Å². The molecule has 0 aliphatic carbocycles. The van der Waals surface area contributed by atoms with Crippen LogP contribution in [0.25, 0.3) is 0 Å². The molecule has 0 spiro atoms. The summed E-state index contributed by atoms with van der Waals surface area (Å²) in [5.74, 6) is -0.417. The van der Waals surface area contributed by atoms with Crippen molar-refractivity contribution in [2.75, 3.05) is 12.3 Å². The number of thioether (sulfide) groups is 1. The van der Waals surface area contributed by atoms with E-state index in [-0.39, 0.29) is 17.2 Å². The molecule has 1 aliphatic heterocycles. The Bertz CT molecular complexity index is 261. The minimum absolute atomic E-state index is 0.0295. The highest BCUT2D eigenvalue weighted by Crippen LogP contribution is 2.37. The van der Waals surface area contributed by atoms with E-state index in [1.165, 1.54) is 0 Å². The molecule has 2 N–H and O–H groups in total. The summed E-state index contributed by atoms with van der Waals surface area (Å²) in [6.07, 6.45) is 1.94. The summed E-state index contributed by atoms with van der Waals surface area (Å²) in [5, 5.41) is 11.4. The first kappa shape index (κ1) is 12.4. The van der Waals surface area contributed by atoms with Gasteiger partial charge in [0.2, 0.25) is 5.91 Å². The SMILES string of the molecule is CC(CNC(=O)C1(C)CCCS1)C(=O)O. The second-order valence-electron chi connectivity index (χ2n) is 4.13. The van der Waals surface area contributed by atoms with Crippen LogP contribution in [-0.4, -0.2) is 34.0 Å². The Balaban J connectivity index is 2.39. The molecule has 1 saturated heterocycles. The smallest absolute Gasteiger partial charge is 0.308 e. The molecule has 5 heteroatoms. The number of carboxylic acids is 1. The van der Waals surface area contributed by atoms with Crippen LogP contribution in [-0.2, 0) is 9.59 Å². The van der Waals surface area contributed by atoms with E-state index in [0.29, 0.717) is 0 Å². The van der Waals surface area contributed by atoms with Crippen LogP contribution in [0.5, 0.6) is 0 Å². The largest absolute Gasteiger partial charge is 0.481 e. The highest BCUT2D eigenvalue weighted by molar-refractivity contribution is 8.01. The van der Waals surface area contributed by atoms with Crippen molar-refractivity contribution in [2.45, 2.75) is 31.4 Å². The number of carbonyl (C=O) groups is 2. The van der Waals surface area contributed by atoms with Crippen molar-refractivity contribution in [2.24, 2.45) is 5.92 Å². The van der Waals surface area contributed by atoms with E-state index in [1.54, 1.807) is 18.7 Å². The molecular formula is C10H17NO3S. The predicted molar refractivity (Wildman–Crippen MR) is 59.9 cm³/mol. The maximum Gasteiger partial charge on any atom is 0.308 e. The molecule has 1 heterocycles. The van der Waals surface area contributed by atoms with Crippen LogP contribution in [0.1, 0.15) is 26.7 Å². The van der Waals surface area contributed by atoms with Crippen LogP contribution in [0.3, 0.4) is 0 Å². The molecule has 1 rings (SSSR count). The minimum atomic E-state index is -0.875. The lowest BCUT2D eigenvalue weighted by Crippen LogP contribution is -2.42. The molecule has 1 aliphatic rings. The number of nitrogens with one attached hydrogen (secondary N) is 1. The van der Waals surface area contributed by atoms with Gasteiger partial charge in [-0.3, -0.25) is 9.59 Å². The molecule has 0 bridgehead atoms. The maximum absolute atomic E-state index is 11.8. The standard InChI is InChI=1S/C10H17NO3S/c1-7(8(12)13)6-11-9(14)10(2)4-3-5-15-10/h7H,3-6H2,1-2H3,(H,11,14)(H,12,13). The molecule has 2 unspecified atom stereocenters. The second kappa shape index (κ2) is 4.88. The van der Waals surface area contributed by atoms with Gasteiger partial charge in [0, 0.05) is 6.54 Å². The van der Waals surface area contributed by atoms with Gasteiger partial charge in [-0.15, -0.1) is 11.8 Å². The van der Waals surface area contributed by atoms with E-state index in [0.717, 1.165) is 18.6 Å². The lowest BCUT2D eigenvalue weighted by atomic mass is 10.0. The van der Waals surface area contributed by atoms with Crippen molar-refractivity contribution in [1.82, 2.24) is 5.32 Å². The average molecular weight is 231 g/mol. The third-order valence-electron chi connectivity index (χ3n) is 2.69. The Morgan fingerprint density at radius 2 is 2.27 bits per heavy atom. The van der Waals surface area contributed by atoms with E-state index >= 15 is 0 Å². The normalized spacial score (nSPS) is 27.3. The molecule has 0 radical (unpaired) electrons. The van der Waals surface area contributed by atoms with Crippen LogP contribution >= 0.6 is 11.8 Å². The zero-order chi connectivity index (χ0) is 11.5. The lowest BCUT2D eigenvalue weighted by Gasteiger charge is -2.22. The van der Waals surface area contributed by atoms with Gasteiger partial charge in [-0.2, -0.15) is 0 Å². The molecule has 0 saturated carbocycles. The van der Waals surface area contributed by atoms with Crippen molar-refractivity contribution >= 4 is 23.6 Å². The summed E-state index contributed by atoms with van der Waals surface area (Å²) in [4.78, 5) is 22.3. The van der Waals surface area contributed by atoms with Crippen molar-refractivity contribution in [3.63, 3.8) is 0 Å². The van der Waals surface area contributed by atoms with Gasteiger partial charge < -0.3 is 10.4 Å². The van der Waals surface area contributed by atoms with Gasteiger partial charge in [-0.1, -0.05) is 6.92 Å². The highest BCUT2D eigenvalue weighted by Gasteiger charge is 2.37. The Morgan fingerprint density at radius 1 is 1.60 bits per heavy atom. The molecular weight excluding hydrogens is 214 g/mol. The first-order valence-electron chi connectivity index (χ1n) is 5.11. The van der Waals surface area contributed by atoms with Crippen molar-refractivity contribution in [1.29, 1.82) is 0 Å². The number of hydrogen-bond acceptors (Lipinski definition) is 3. The van der Waals surface area contributed by atoms with Crippen LogP contribution in [0, 0.1) is 5.92 Å². The van der Waals surface area contributed by atoms with Gasteiger partial charge in [-0.05, 0) is 25.5 Å². The summed E-state index contributed by atoms with van der Waals surface area (Å²) in [7, 11) is 0. The Kier molecular flexibility index (Phi) is 4.02. The molecule has 1 fully saturated rings. The third-order valence-corrected chi connectivity index (χ3v) is 4.21. The number of rotatable bonds is 4. The Hall–Kier alpha value is -0.710. The number of carboxylic acid groups (broad SMARTS) is 1. The van der Waals surface area contributed by atoms with Gasteiger partial charge in [0.15, 0.2) is 0 Å². The Labute approximate surface area is 93.8 Å². The molecule has 15 heavy (non-hydrogen) atoms. The molecule has 0 aromatic heterocycles. The Morgan fingerprint density at radius 3 is 2.73 bits per heavy atom. The number of hydrogen-bond donors (Lipinski definition) is 2. The fourth-order valence-corrected chi connectivity index (χ4v) is 2.71. The predicted octanol–water partition coefficient (Wildman–Crippen LogP) is 1.11. The molecule has 86 valence electrons. The summed E-state index contributed by atoms with van der Waals surface area (Å²) < 4.78 is -0.349. The van der Waals surface area contributed by atoms with Crippen molar-refractivity contribution in [3.8, 4) is 0 Å². The van der Waals surface area contributed by atoms with Gasteiger partial charge in [-0.25, -0.2) is 0 Å². The number of carbonyl (C=O) groups excluding carboxylic acids is 1. The summed E-state index contributed by atoms with van der Waals surface area (Å²) in [5.41, 5.74) is 0. The van der Waals surface area contributed by atoms with Crippen molar-refractivity contribution < 1.29 is 14.7 Å². The van der Waals surface area contributed by atoms with E-state index < -0.39 is 11.9 Å². The van der Waals surface area contributed by atoms with Gasteiger partial charge in [0.25, 0.3) is 0 Å². The minimum Gasteiger partial charge on any atom is -0.481 e. The highest BCUT2D eigenvalue weighted by atomic mass is 32.2. The van der Waals surface area contributed by atoms with Gasteiger partial charge in [0.05, 0.1) is 10.7 Å². The van der Waals surface area contributed by atoms with Gasteiger partial charge >= 0.3 is 5.97 Å². The van der Waals surface area contributed by atoms with Crippen LogP contribution in [0.4, 0.5) is 0 Å². The fraction of sp³-hybridized carbons (Fsp3) is 0.800. The molecule has 1 amide bonds. The lowest BCUT2D eigenvalue weighted by molar-refractivity contribution is -0.141. The molecule has 4 nitrogen and oxygen atoms in total. The fourth-order valence-electron chi connectivity index (χ4n) is 1.48. The van der Waals surface area contributed by atoms with Crippen LogP contribution in [0.2, 0.25) is 0 Å². The van der Waals surface area contributed by atoms with Crippen LogP contribution < -0.4 is 5.32 Å². The topological polar surface area (TPSA) is 66.4 Å². The van der Waals surface area contributed by atoms with Gasteiger partial charge in [0.1, 0.15) is 0 Å². The first-order valence-corrected chi connectivity index (χ1v) is 6.09. The maximum atomic E-state index is 11.8. The quantitative estimate of drug-likeness (QED) is 0.760. The molecule has 0 aromatic rings. The summed E-state index contributed by atoms with van der Waals surface area (Å²) in [6, 6.07) is 0. The zero-order valence-corrected chi connectivity index (χ0v) is 9.89. The van der Waals surface area contributed by atoms with E-state index in [1.807, 2.05) is 6.92 Å². The first-order chi connectivity index (χ1) is 6.96. The number of amides is 1. The second-order valence-corrected chi connectivity index (χ2v) is 5.73. The molecule has 0 aromatic carbocycles. The zero-order valence-electron chi connectivity index (χ0n) is 9.08. The average Bonchev–Trinajstić information content (AvgIpc) is 2.62. The van der Waals surface area contributed by atoms with Crippen molar-refractivity contribution in [3.05, 3.63) is 0 Å². The van der Waals surface area contributed by atoms with E-state index in [2.05, 4.69) is 5.32 Å². The summed E-state index contributed by atoms with van der Waals surface area (Å²) >= 11 is 1.65. The molecule has 2 atom stereocenters. The van der Waals surface area contributed by atoms with E-state index in [4.69, 9.17) is 5.11 Å².